The molecule has 35 heavy (non-hydrogen) atoms. The zero-order valence-electron chi connectivity index (χ0n) is 19.3. The van der Waals surface area contributed by atoms with Gasteiger partial charge in [-0.15, -0.1) is 0 Å². The Morgan fingerprint density at radius 1 is 1.09 bits per heavy atom. The number of benzene rings is 1. The summed E-state index contributed by atoms with van der Waals surface area (Å²) >= 11 is 0. The second-order valence-corrected chi connectivity index (χ2v) is 9.38. The standard InChI is InChI=1S/C26H26F3N5O/c1-14-10-15(30)13-34(12-14)25-16-4-2-7-20(16)31-11-22(25)33-26(35)21-9-8-19(29)24(32-21)23-17(27)5-3-6-18(23)28/h3,5-6,8-9,11,14-15H,2,4,7,10,12-13,30H2,1H3,(H,33,35)/t14-,15+/m1/s1. The van der Waals surface area contributed by atoms with Crippen LogP contribution in [0.15, 0.2) is 36.5 Å². The zero-order chi connectivity index (χ0) is 24.7. The number of rotatable bonds is 4. The van der Waals surface area contributed by atoms with Crippen LogP contribution in [0.5, 0.6) is 0 Å². The Bertz CT molecular complexity index is 1270. The summed E-state index contributed by atoms with van der Waals surface area (Å²) in [6.45, 7) is 3.62. The molecule has 182 valence electrons. The van der Waals surface area contributed by atoms with Crippen LogP contribution in [0, 0.1) is 23.4 Å². The van der Waals surface area contributed by atoms with Crippen molar-refractivity contribution in [2.75, 3.05) is 23.3 Å². The van der Waals surface area contributed by atoms with E-state index >= 15 is 0 Å². The van der Waals surface area contributed by atoms with Crippen molar-refractivity contribution in [3.8, 4) is 11.3 Å². The lowest BCUT2D eigenvalue weighted by atomic mass is 9.95. The summed E-state index contributed by atoms with van der Waals surface area (Å²) in [5.41, 5.74) is 8.50. The number of amides is 1. The lowest BCUT2D eigenvalue weighted by Crippen LogP contribution is -2.47. The van der Waals surface area contributed by atoms with E-state index in [1.807, 2.05) is 0 Å². The van der Waals surface area contributed by atoms with Gasteiger partial charge < -0.3 is 16.0 Å². The Labute approximate surface area is 201 Å². The number of carbonyl (C=O) groups excluding carboxylic acids is 1. The fourth-order valence-corrected chi connectivity index (χ4v) is 5.18. The van der Waals surface area contributed by atoms with E-state index in [4.69, 9.17) is 5.73 Å². The van der Waals surface area contributed by atoms with Crippen molar-refractivity contribution in [2.24, 2.45) is 11.7 Å². The van der Waals surface area contributed by atoms with Gasteiger partial charge in [-0.3, -0.25) is 9.78 Å². The quantitative estimate of drug-likeness (QED) is 0.574. The summed E-state index contributed by atoms with van der Waals surface area (Å²) in [5, 5.41) is 2.85. The number of hydrogen-bond donors (Lipinski definition) is 2. The van der Waals surface area contributed by atoms with Gasteiger partial charge >= 0.3 is 0 Å². The summed E-state index contributed by atoms with van der Waals surface area (Å²) in [5.74, 6) is -3.09. The molecule has 0 radical (unpaired) electrons. The number of anilines is 2. The van der Waals surface area contributed by atoms with E-state index in [9.17, 15) is 18.0 Å². The molecule has 1 amide bonds. The third-order valence-corrected chi connectivity index (χ3v) is 6.61. The minimum atomic E-state index is -0.963. The number of carbonyl (C=O) groups is 1. The highest BCUT2D eigenvalue weighted by Crippen LogP contribution is 2.38. The molecule has 1 aromatic carbocycles. The van der Waals surface area contributed by atoms with Gasteiger partial charge in [-0.2, -0.15) is 0 Å². The number of nitrogens with zero attached hydrogens (tertiary/aromatic N) is 3. The molecule has 1 aliphatic carbocycles. The van der Waals surface area contributed by atoms with Gasteiger partial charge in [0.1, 0.15) is 28.8 Å². The number of pyridine rings is 2. The fourth-order valence-electron chi connectivity index (χ4n) is 5.18. The molecule has 3 heterocycles. The molecule has 3 aromatic rings. The Hall–Kier alpha value is -3.46. The van der Waals surface area contributed by atoms with Crippen molar-refractivity contribution < 1.29 is 18.0 Å². The van der Waals surface area contributed by atoms with Crippen LogP contribution in [0.25, 0.3) is 11.3 Å². The molecular formula is C26H26F3N5O. The van der Waals surface area contributed by atoms with Crippen molar-refractivity contribution in [1.29, 1.82) is 0 Å². The van der Waals surface area contributed by atoms with Gasteiger partial charge in [-0.05, 0) is 61.4 Å². The molecule has 1 saturated heterocycles. The Morgan fingerprint density at radius 3 is 2.60 bits per heavy atom. The smallest absolute Gasteiger partial charge is 0.274 e. The lowest BCUT2D eigenvalue weighted by molar-refractivity contribution is 0.102. The normalized spacial score (nSPS) is 19.5. The van der Waals surface area contributed by atoms with Gasteiger partial charge in [0.15, 0.2) is 0 Å². The molecule has 6 nitrogen and oxygen atoms in total. The molecule has 3 N–H and O–H groups in total. The maximum atomic E-state index is 14.5. The fraction of sp³-hybridized carbons (Fsp3) is 0.346. The Balaban J connectivity index is 1.51. The number of halogens is 3. The topological polar surface area (TPSA) is 84.1 Å². The zero-order valence-corrected chi connectivity index (χ0v) is 19.3. The molecule has 0 bridgehead atoms. The highest BCUT2D eigenvalue weighted by Gasteiger charge is 2.30. The second-order valence-electron chi connectivity index (χ2n) is 9.38. The molecule has 0 saturated carbocycles. The maximum absolute atomic E-state index is 14.5. The SMILES string of the molecule is C[C@@H]1C[C@H](N)CN(c2c(NC(=O)c3ccc(F)c(-c4c(F)cccc4F)n3)cnc3c2CCC3)C1. The molecule has 2 aliphatic rings. The summed E-state index contributed by atoms with van der Waals surface area (Å²) in [4.78, 5) is 23.9. The maximum Gasteiger partial charge on any atom is 0.274 e. The third kappa shape index (κ3) is 4.48. The number of piperidine rings is 1. The largest absolute Gasteiger partial charge is 0.368 e. The van der Waals surface area contributed by atoms with Crippen molar-refractivity contribution >= 4 is 17.3 Å². The van der Waals surface area contributed by atoms with Crippen molar-refractivity contribution in [2.45, 2.75) is 38.6 Å². The Morgan fingerprint density at radius 2 is 1.86 bits per heavy atom. The molecule has 0 unspecified atom stereocenters. The first-order chi connectivity index (χ1) is 16.8. The van der Waals surface area contributed by atoms with E-state index in [1.54, 1.807) is 6.20 Å². The van der Waals surface area contributed by atoms with Gasteiger partial charge in [-0.25, -0.2) is 18.2 Å². The molecule has 2 atom stereocenters. The van der Waals surface area contributed by atoms with E-state index in [1.165, 1.54) is 12.1 Å². The molecule has 0 spiro atoms. The molecule has 2 aromatic heterocycles. The molecular weight excluding hydrogens is 455 g/mol. The highest BCUT2D eigenvalue weighted by molar-refractivity contribution is 6.05. The monoisotopic (exact) mass is 481 g/mol. The minimum Gasteiger partial charge on any atom is -0.368 e. The van der Waals surface area contributed by atoms with Crippen molar-refractivity contribution in [3.63, 3.8) is 0 Å². The van der Waals surface area contributed by atoms with Crippen LogP contribution in [-0.2, 0) is 12.8 Å². The van der Waals surface area contributed by atoms with Crippen molar-refractivity contribution in [1.82, 2.24) is 9.97 Å². The van der Waals surface area contributed by atoms with E-state index in [0.29, 0.717) is 18.2 Å². The van der Waals surface area contributed by atoms with Gasteiger partial charge in [0.2, 0.25) is 0 Å². The van der Waals surface area contributed by atoms with E-state index in [2.05, 4.69) is 27.1 Å². The van der Waals surface area contributed by atoms with Crippen LogP contribution in [-0.4, -0.2) is 35.0 Å². The molecule has 1 fully saturated rings. The molecule has 5 rings (SSSR count). The Kier molecular flexibility index (Phi) is 6.19. The van der Waals surface area contributed by atoms with E-state index in [-0.39, 0.29) is 11.7 Å². The number of aromatic nitrogens is 2. The van der Waals surface area contributed by atoms with E-state index in [0.717, 1.165) is 67.4 Å². The van der Waals surface area contributed by atoms with Crippen LogP contribution < -0.4 is 16.0 Å². The minimum absolute atomic E-state index is 0.0181. The van der Waals surface area contributed by atoms with Crippen LogP contribution in [0.2, 0.25) is 0 Å². The number of nitrogens with one attached hydrogen (secondary N) is 1. The number of aryl methyl sites for hydroxylation is 1. The second kappa shape index (κ2) is 9.30. The van der Waals surface area contributed by atoms with Crippen molar-refractivity contribution in [3.05, 3.63) is 70.9 Å². The summed E-state index contributed by atoms with van der Waals surface area (Å²) in [6, 6.07) is 5.39. The lowest BCUT2D eigenvalue weighted by Gasteiger charge is -2.38. The first kappa shape index (κ1) is 23.3. The summed E-state index contributed by atoms with van der Waals surface area (Å²) in [6.07, 6.45) is 5.28. The predicted octanol–water partition coefficient (Wildman–Crippen LogP) is 4.48. The van der Waals surface area contributed by atoms with Crippen LogP contribution in [0.4, 0.5) is 24.5 Å². The average Bonchev–Trinajstić information content (AvgIpc) is 3.28. The summed E-state index contributed by atoms with van der Waals surface area (Å²) < 4.78 is 43.0. The number of hydrogen-bond acceptors (Lipinski definition) is 5. The van der Waals surface area contributed by atoms with E-state index < -0.39 is 34.6 Å². The van der Waals surface area contributed by atoms with Gasteiger partial charge in [0, 0.05) is 24.8 Å². The highest BCUT2D eigenvalue weighted by atomic mass is 19.1. The number of nitrogens with two attached hydrogens (primary N) is 1. The van der Waals surface area contributed by atoms with Crippen LogP contribution in [0.1, 0.15) is 41.5 Å². The van der Waals surface area contributed by atoms with Gasteiger partial charge in [0.25, 0.3) is 5.91 Å². The summed E-state index contributed by atoms with van der Waals surface area (Å²) in [7, 11) is 0. The average molecular weight is 482 g/mol. The third-order valence-electron chi connectivity index (χ3n) is 6.61. The van der Waals surface area contributed by atoms with Crippen LogP contribution in [0.3, 0.4) is 0 Å². The van der Waals surface area contributed by atoms with Gasteiger partial charge in [-0.1, -0.05) is 13.0 Å². The predicted molar refractivity (Wildman–Crippen MR) is 128 cm³/mol. The number of fused-ring (bicyclic) bond motifs is 1. The van der Waals surface area contributed by atoms with Crippen LogP contribution >= 0.6 is 0 Å². The first-order valence-electron chi connectivity index (χ1n) is 11.8. The first-order valence-corrected chi connectivity index (χ1v) is 11.8. The molecule has 1 aliphatic heterocycles. The molecule has 9 heteroatoms. The van der Waals surface area contributed by atoms with Gasteiger partial charge in [0.05, 0.1) is 23.1 Å².